The zero-order valence-electron chi connectivity index (χ0n) is 18.4. The Morgan fingerprint density at radius 2 is 1.41 bits per heavy atom. The molecule has 5 aromatic rings. The van der Waals surface area contributed by atoms with Gasteiger partial charge in [-0.25, -0.2) is 9.78 Å². The standard InChI is InChI=1S/C29H21N3O2/c33-29-25(18-24-12-7-17-34-24)31-28-27(30-26(19-32(28)29)22-10-5-2-6-11-22)23-15-13-21(14-16-23)20-8-3-1-4-9-20/h1-17,19,25H,18H2/p+1. The van der Waals surface area contributed by atoms with Gasteiger partial charge in [-0.2, -0.15) is 4.57 Å². The van der Waals surface area contributed by atoms with Gasteiger partial charge in [0.05, 0.1) is 12.7 Å². The van der Waals surface area contributed by atoms with Gasteiger partial charge in [-0.1, -0.05) is 84.9 Å². The Morgan fingerprint density at radius 1 is 0.765 bits per heavy atom. The molecule has 6 rings (SSSR count). The van der Waals surface area contributed by atoms with Crippen LogP contribution in [0.1, 0.15) is 10.6 Å². The Bertz CT molecular complexity index is 1450. The highest BCUT2D eigenvalue weighted by Gasteiger charge is 2.41. The fraction of sp³-hybridized carbons (Fsp3) is 0.0690. The van der Waals surface area contributed by atoms with Crippen LogP contribution in [0.15, 0.2) is 114 Å². The van der Waals surface area contributed by atoms with Crippen molar-refractivity contribution in [2.45, 2.75) is 12.5 Å². The van der Waals surface area contributed by atoms with Crippen LogP contribution in [-0.4, -0.2) is 16.9 Å². The summed E-state index contributed by atoms with van der Waals surface area (Å²) >= 11 is 0. The molecule has 0 amide bonds. The van der Waals surface area contributed by atoms with Crippen molar-refractivity contribution in [1.82, 2.24) is 4.98 Å². The van der Waals surface area contributed by atoms with Crippen molar-refractivity contribution >= 4 is 11.7 Å². The molecule has 164 valence electrons. The van der Waals surface area contributed by atoms with E-state index in [4.69, 9.17) is 9.40 Å². The van der Waals surface area contributed by atoms with Gasteiger partial charge in [-0.05, 0) is 23.3 Å². The lowest BCUT2D eigenvalue weighted by molar-refractivity contribution is -0.551. The zero-order chi connectivity index (χ0) is 22.9. The largest absolute Gasteiger partial charge is 0.469 e. The summed E-state index contributed by atoms with van der Waals surface area (Å²) in [6.07, 6.45) is 3.92. The molecular formula is C29H22N3O2+. The van der Waals surface area contributed by atoms with Crippen LogP contribution in [-0.2, 0) is 6.42 Å². The molecule has 2 aromatic heterocycles. The van der Waals surface area contributed by atoms with Gasteiger partial charge in [0, 0.05) is 11.1 Å². The molecule has 1 N–H and O–H groups in total. The van der Waals surface area contributed by atoms with Crippen molar-refractivity contribution in [3.05, 3.63) is 115 Å². The summed E-state index contributed by atoms with van der Waals surface area (Å²) in [7, 11) is 0. The second-order valence-electron chi connectivity index (χ2n) is 8.32. The minimum atomic E-state index is -0.415. The molecule has 1 unspecified atom stereocenters. The highest BCUT2D eigenvalue weighted by atomic mass is 16.3. The van der Waals surface area contributed by atoms with Gasteiger partial charge in [-0.15, -0.1) is 0 Å². The predicted octanol–water partition coefficient (Wildman–Crippen LogP) is 5.64. The molecule has 0 saturated carbocycles. The van der Waals surface area contributed by atoms with E-state index in [0.717, 1.165) is 39.4 Å². The van der Waals surface area contributed by atoms with E-state index < -0.39 is 6.04 Å². The number of carbonyl (C=O) groups excluding carboxylic acids is 1. The van der Waals surface area contributed by atoms with Crippen LogP contribution in [0.25, 0.3) is 33.6 Å². The number of nitrogens with zero attached hydrogens (tertiary/aromatic N) is 2. The van der Waals surface area contributed by atoms with Crippen molar-refractivity contribution < 1.29 is 13.8 Å². The van der Waals surface area contributed by atoms with Crippen LogP contribution < -0.4 is 9.88 Å². The molecule has 0 bridgehead atoms. The number of fused-ring (bicyclic) bond motifs is 1. The number of furan rings is 1. The van der Waals surface area contributed by atoms with Crippen LogP contribution in [0.4, 0.5) is 5.82 Å². The van der Waals surface area contributed by atoms with Crippen molar-refractivity contribution in [1.29, 1.82) is 0 Å². The number of rotatable bonds is 5. The van der Waals surface area contributed by atoms with Crippen LogP contribution in [0.2, 0.25) is 0 Å². The molecule has 0 radical (unpaired) electrons. The number of benzene rings is 3. The molecular weight excluding hydrogens is 422 g/mol. The van der Waals surface area contributed by atoms with E-state index >= 15 is 0 Å². The summed E-state index contributed by atoms with van der Waals surface area (Å²) in [6, 6.07) is 31.8. The molecule has 0 aliphatic carbocycles. The molecule has 0 spiro atoms. The Kier molecular flexibility index (Phi) is 5.00. The van der Waals surface area contributed by atoms with Crippen molar-refractivity contribution in [3.63, 3.8) is 0 Å². The second kappa shape index (κ2) is 8.45. The lowest BCUT2D eigenvalue weighted by atomic mass is 10.0. The Balaban J connectivity index is 1.44. The summed E-state index contributed by atoms with van der Waals surface area (Å²) in [6.45, 7) is 0. The summed E-state index contributed by atoms with van der Waals surface area (Å²) in [5.41, 5.74) is 5.69. The van der Waals surface area contributed by atoms with E-state index in [9.17, 15) is 4.79 Å². The van der Waals surface area contributed by atoms with Gasteiger partial charge in [0.15, 0.2) is 5.69 Å². The summed E-state index contributed by atoms with van der Waals surface area (Å²) in [5.74, 6) is 1.45. The third-order valence-electron chi connectivity index (χ3n) is 6.12. The molecule has 5 heteroatoms. The van der Waals surface area contributed by atoms with E-state index in [0.29, 0.717) is 12.2 Å². The predicted molar refractivity (Wildman–Crippen MR) is 131 cm³/mol. The van der Waals surface area contributed by atoms with E-state index in [1.807, 2.05) is 66.9 Å². The number of aromatic nitrogens is 2. The smallest absolute Gasteiger partial charge is 0.359 e. The molecule has 34 heavy (non-hydrogen) atoms. The van der Waals surface area contributed by atoms with Crippen molar-refractivity contribution in [2.75, 3.05) is 5.32 Å². The monoisotopic (exact) mass is 444 g/mol. The average molecular weight is 445 g/mol. The quantitative estimate of drug-likeness (QED) is 0.357. The lowest BCUT2D eigenvalue weighted by Crippen LogP contribution is -2.43. The van der Waals surface area contributed by atoms with E-state index in [1.165, 1.54) is 0 Å². The van der Waals surface area contributed by atoms with Gasteiger partial charge in [-0.3, -0.25) is 5.32 Å². The number of hydrogen-bond acceptors (Lipinski definition) is 4. The van der Waals surface area contributed by atoms with E-state index in [2.05, 4.69) is 41.7 Å². The first-order valence-electron chi connectivity index (χ1n) is 11.3. The normalized spacial score (nSPS) is 14.6. The zero-order valence-corrected chi connectivity index (χ0v) is 18.4. The number of anilines is 1. The molecule has 3 heterocycles. The van der Waals surface area contributed by atoms with Crippen molar-refractivity contribution in [3.8, 4) is 33.6 Å². The molecule has 1 aliphatic rings. The number of hydrogen-bond donors (Lipinski definition) is 1. The number of nitrogens with one attached hydrogen (secondary N) is 1. The van der Waals surface area contributed by atoms with Gasteiger partial charge in [0.1, 0.15) is 17.7 Å². The van der Waals surface area contributed by atoms with Crippen LogP contribution in [0, 0.1) is 0 Å². The molecule has 3 aromatic carbocycles. The maximum absolute atomic E-state index is 13.4. The summed E-state index contributed by atoms with van der Waals surface area (Å²) in [4.78, 5) is 18.4. The minimum absolute atomic E-state index is 0.0202. The summed E-state index contributed by atoms with van der Waals surface area (Å²) < 4.78 is 7.19. The molecule has 1 aliphatic heterocycles. The first kappa shape index (κ1) is 20.1. The first-order chi connectivity index (χ1) is 16.8. The maximum Gasteiger partial charge on any atom is 0.359 e. The molecule has 5 nitrogen and oxygen atoms in total. The van der Waals surface area contributed by atoms with Gasteiger partial charge in [0.2, 0.25) is 6.04 Å². The molecule has 0 saturated heterocycles. The van der Waals surface area contributed by atoms with Crippen molar-refractivity contribution in [2.24, 2.45) is 0 Å². The lowest BCUT2D eigenvalue weighted by Gasteiger charge is -2.08. The minimum Gasteiger partial charge on any atom is -0.469 e. The Hall–Kier alpha value is -4.51. The van der Waals surface area contributed by atoms with E-state index in [-0.39, 0.29) is 5.91 Å². The third-order valence-corrected chi connectivity index (χ3v) is 6.12. The SMILES string of the molecule is O=C1C(Cc2ccco2)Nc2c(-c3ccc(-c4ccccc4)cc3)nc(-c3ccccc3)c[n+]21. The van der Waals surface area contributed by atoms with Crippen LogP contribution >= 0.6 is 0 Å². The van der Waals surface area contributed by atoms with E-state index in [1.54, 1.807) is 10.8 Å². The van der Waals surface area contributed by atoms with Crippen LogP contribution in [0.3, 0.4) is 0 Å². The maximum atomic E-state index is 13.4. The second-order valence-corrected chi connectivity index (χ2v) is 8.32. The fourth-order valence-electron chi connectivity index (χ4n) is 4.38. The molecule has 0 fully saturated rings. The topological polar surface area (TPSA) is 59.0 Å². The first-order valence-corrected chi connectivity index (χ1v) is 11.3. The highest BCUT2D eigenvalue weighted by Crippen LogP contribution is 2.31. The van der Waals surface area contributed by atoms with Crippen LogP contribution in [0.5, 0.6) is 0 Å². The third kappa shape index (κ3) is 3.67. The Morgan fingerprint density at radius 3 is 2.09 bits per heavy atom. The van der Waals surface area contributed by atoms with Gasteiger partial charge >= 0.3 is 11.7 Å². The van der Waals surface area contributed by atoms with Gasteiger partial charge < -0.3 is 4.42 Å². The summed E-state index contributed by atoms with van der Waals surface area (Å²) in [5, 5.41) is 3.41. The Labute approximate surface area is 197 Å². The fourth-order valence-corrected chi connectivity index (χ4v) is 4.38. The molecule has 1 atom stereocenters. The number of carbonyl (C=O) groups is 1. The average Bonchev–Trinajstić information content (AvgIpc) is 3.53. The van der Waals surface area contributed by atoms with Gasteiger partial charge in [0.25, 0.3) is 0 Å². The highest BCUT2D eigenvalue weighted by molar-refractivity contribution is 5.87.